The van der Waals surface area contributed by atoms with Crippen LogP contribution >= 0.6 is 0 Å². The highest BCUT2D eigenvalue weighted by Gasteiger charge is 2.23. The molecule has 1 fully saturated rings. The molecule has 0 saturated carbocycles. The Kier molecular flexibility index (Phi) is 4.11. The van der Waals surface area contributed by atoms with E-state index in [1.165, 1.54) is 6.07 Å². The van der Waals surface area contributed by atoms with Gasteiger partial charge in [0, 0.05) is 18.7 Å². The van der Waals surface area contributed by atoms with Crippen molar-refractivity contribution >= 4 is 11.6 Å². The van der Waals surface area contributed by atoms with E-state index in [1.807, 2.05) is 0 Å². The van der Waals surface area contributed by atoms with Crippen LogP contribution in [0.1, 0.15) is 28.8 Å². The number of nitrogens with zero attached hydrogens (tertiary/aromatic N) is 1. The SMILES string of the molecule is Cc1cccc([N+](=O)[O-])c1C(=O)NCC1CCCN1. The van der Waals surface area contributed by atoms with Crippen LogP contribution in [0.4, 0.5) is 5.69 Å². The summed E-state index contributed by atoms with van der Waals surface area (Å²) in [4.78, 5) is 22.5. The van der Waals surface area contributed by atoms with Crippen molar-refractivity contribution in [3.8, 4) is 0 Å². The number of aryl methyl sites for hydroxylation is 1. The molecule has 2 rings (SSSR count). The molecule has 2 N–H and O–H groups in total. The molecular formula is C13H17N3O3. The number of nitro benzene ring substituents is 1. The van der Waals surface area contributed by atoms with Gasteiger partial charge >= 0.3 is 0 Å². The van der Waals surface area contributed by atoms with Crippen LogP contribution < -0.4 is 10.6 Å². The van der Waals surface area contributed by atoms with Crippen molar-refractivity contribution in [3.05, 3.63) is 39.4 Å². The number of hydrogen-bond donors (Lipinski definition) is 2. The molecule has 19 heavy (non-hydrogen) atoms. The van der Waals surface area contributed by atoms with Gasteiger partial charge in [-0.05, 0) is 31.9 Å². The molecule has 1 aromatic rings. The third-order valence-corrected chi connectivity index (χ3v) is 3.35. The topological polar surface area (TPSA) is 84.3 Å². The van der Waals surface area contributed by atoms with Gasteiger partial charge in [-0.25, -0.2) is 0 Å². The highest BCUT2D eigenvalue weighted by Crippen LogP contribution is 2.21. The summed E-state index contributed by atoms with van der Waals surface area (Å²) in [6.07, 6.45) is 2.13. The lowest BCUT2D eigenvalue weighted by Crippen LogP contribution is -2.37. The number of rotatable bonds is 4. The Bertz CT molecular complexity index is 496. The zero-order valence-electron chi connectivity index (χ0n) is 10.8. The lowest BCUT2D eigenvalue weighted by molar-refractivity contribution is -0.385. The lowest BCUT2D eigenvalue weighted by Gasteiger charge is -2.12. The van der Waals surface area contributed by atoms with Gasteiger partial charge in [-0.1, -0.05) is 12.1 Å². The summed E-state index contributed by atoms with van der Waals surface area (Å²) in [7, 11) is 0. The van der Waals surface area contributed by atoms with Crippen molar-refractivity contribution in [2.24, 2.45) is 0 Å². The fraction of sp³-hybridized carbons (Fsp3) is 0.462. The molecule has 1 saturated heterocycles. The zero-order chi connectivity index (χ0) is 13.8. The van der Waals surface area contributed by atoms with Crippen LogP contribution in [0.25, 0.3) is 0 Å². The van der Waals surface area contributed by atoms with Gasteiger partial charge < -0.3 is 10.6 Å². The summed E-state index contributed by atoms with van der Waals surface area (Å²) >= 11 is 0. The first kappa shape index (κ1) is 13.5. The molecular weight excluding hydrogens is 246 g/mol. The van der Waals surface area contributed by atoms with E-state index in [4.69, 9.17) is 0 Å². The number of hydrogen-bond acceptors (Lipinski definition) is 4. The molecule has 0 aliphatic carbocycles. The maximum absolute atomic E-state index is 12.1. The minimum atomic E-state index is -0.518. The summed E-state index contributed by atoms with van der Waals surface area (Å²) in [6.45, 7) is 3.17. The lowest BCUT2D eigenvalue weighted by atomic mass is 10.1. The Morgan fingerprint density at radius 3 is 3.00 bits per heavy atom. The second kappa shape index (κ2) is 5.79. The van der Waals surface area contributed by atoms with Gasteiger partial charge in [-0.15, -0.1) is 0 Å². The van der Waals surface area contributed by atoms with E-state index in [9.17, 15) is 14.9 Å². The van der Waals surface area contributed by atoms with Gasteiger partial charge in [-0.3, -0.25) is 14.9 Å². The number of carbonyl (C=O) groups is 1. The number of nitrogens with one attached hydrogen (secondary N) is 2. The number of carbonyl (C=O) groups excluding carboxylic acids is 1. The fourth-order valence-electron chi connectivity index (χ4n) is 2.34. The molecule has 0 radical (unpaired) electrons. The van der Waals surface area contributed by atoms with E-state index < -0.39 is 4.92 Å². The quantitative estimate of drug-likeness (QED) is 0.635. The van der Waals surface area contributed by atoms with Gasteiger partial charge in [-0.2, -0.15) is 0 Å². The molecule has 0 aromatic heterocycles. The molecule has 0 bridgehead atoms. The van der Waals surface area contributed by atoms with Crippen LogP contribution in [0.5, 0.6) is 0 Å². The van der Waals surface area contributed by atoms with Crippen LogP contribution in [0.2, 0.25) is 0 Å². The summed E-state index contributed by atoms with van der Waals surface area (Å²) in [5.41, 5.74) is 0.633. The van der Waals surface area contributed by atoms with E-state index in [0.717, 1.165) is 19.4 Å². The summed E-state index contributed by atoms with van der Waals surface area (Å²) < 4.78 is 0. The van der Waals surface area contributed by atoms with E-state index in [1.54, 1.807) is 19.1 Å². The molecule has 1 atom stereocenters. The Balaban J connectivity index is 2.11. The number of amides is 1. The monoisotopic (exact) mass is 263 g/mol. The minimum absolute atomic E-state index is 0.142. The highest BCUT2D eigenvalue weighted by atomic mass is 16.6. The number of benzene rings is 1. The summed E-state index contributed by atoms with van der Waals surface area (Å²) in [5.74, 6) is -0.376. The highest BCUT2D eigenvalue weighted by molar-refractivity contribution is 5.99. The largest absolute Gasteiger partial charge is 0.350 e. The van der Waals surface area contributed by atoms with E-state index >= 15 is 0 Å². The van der Waals surface area contributed by atoms with Gasteiger partial charge in [0.05, 0.1) is 4.92 Å². The maximum atomic E-state index is 12.1. The van der Waals surface area contributed by atoms with E-state index in [-0.39, 0.29) is 23.2 Å². The number of nitro groups is 1. The van der Waals surface area contributed by atoms with Crippen LogP contribution in [0, 0.1) is 17.0 Å². The zero-order valence-corrected chi connectivity index (χ0v) is 10.8. The average Bonchev–Trinajstić information content (AvgIpc) is 2.88. The van der Waals surface area contributed by atoms with Crippen molar-refractivity contribution in [2.45, 2.75) is 25.8 Å². The Morgan fingerprint density at radius 2 is 2.37 bits per heavy atom. The van der Waals surface area contributed by atoms with Gasteiger partial charge in [0.25, 0.3) is 11.6 Å². The van der Waals surface area contributed by atoms with E-state index in [0.29, 0.717) is 12.1 Å². The van der Waals surface area contributed by atoms with Crippen molar-refractivity contribution in [1.82, 2.24) is 10.6 Å². The first-order valence-corrected chi connectivity index (χ1v) is 6.35. The van der Waals surface area contributed by atoms with Gasteiger partial charge in [0.1, 0.15) is 5.56 Å². The average molecular weight is 263 g/mol. The van der Waals surface area contributed by atoms with Crippen LogP contribution in [-0.2, 0) is 0 Å². The van der Waals surface area contributed by atoms with Crippen molar-refractivity contribution in [1.29, 1.82) is 0 Å². The van der Waals surface area contributed by atoms with Crippen LogP contribution in [0.15, 0.2) is 18.2 Å². The second-order valence-corrected chi connectivity index (χ2v) is 4.73. The molecule has 1 amide bonds. The molecule has 102 valence electrons. The fourth-order valence-corrected chi connectivity index (χ4v) is 2.34. The van der Waals surface area contributed by atoms with Crippen LogP contribution in [0.3, 0.4) is 0 Å². The van der Waals surface area contributed by atoms with Crippen molar-refractivity contribution < 1.29 is 9.72 Å². The molecule has 1 heterocycles. The predicted octanol–water partition coefficient (Wildman–Crippen LogP) is 1.39. The Morgan fingerprint density at radius 1 is 1.58 bits per heavy atom. The predicted molar refractivity (Wildman–Crippen MR) is 71.2 cm³/mol. The summed E-state index contributed by atoms with van der Waals surface area (Å²) in [6, 6.07) is 4.92. The van der Waals surface area contributed by atoms with E-state index in [2.05, 4.69) is 10.6 Å². The molecule has 0 spiro atoms. The minimum Gasteiger partial charge on any atom is -0.350 e. The maximum Gasteiger partial charge on any atom is 0.282 e. The first-order valence-electron chi connectivity index (χ1n) is 6.35. The van der Waals surface area contributed by atoms with Gasteiger partial charge in [0.2, 0.25) is 0 Å². The molecule has 6 heteroatoms. The molecule has 1 aromatic carbocycles. The molecule has 1 aliphatic rings. The van der Waals surface area contributed by atoms with Gasteiger partial charge in [0.15, 0.2) is 0 Å². The second-order valence-electron chi connectivity index (χ2n) is 4.73. The Labute approximate surface area is 111 Å². The standard InChI is InChI=1S/C13H17N3O3/c1-9-4-2-6-11(16(18)19)12(9)13(17)15-8-10-5-3-7-14-10/h2,4,6,10,14H,3,5,7-8H2,1H3,(H,15,17). The van der Waals surface area contributed by atoms with Crippen molar-refractivity contribution in [3.63, 3.8) is 0 Å². The first-order chi connectivity index (χ1) is 9.09. The third-order valence-electron chi connectivity index (χ3n) is 3.35. The molecule has 1 aliphatic heterocycles. The molecule has 6 nitrogen and oxygen atoms in total. The summed E-state index contributed by atoms with van der Waals surface area (Å²) in [5, 5.41) is 17.0. The molecule has 1 unspecified atom stereocenters. The van der Waals surface area contributed by atoms with Crippen LogP contribution in [-0.4, -0.2) is 30.0 Å². The normalized spacial score (nSPS) is 18.3. The Hall–Kier alpha value is -1.95. The smallest absolute Gasteiger partial charge is 0.282 e. The third kappa shape index (κ3) is 3.08. The van der Waals surface area contributed by atoms with Crippen molar-refractivity contribution in [2.75, 3.05) is 13.1 Å².